The summed E-state index contributed by atoms with van der Waals surface area (Å²) < 4.78 is 10.2. The molecule has 0 aromatic heterocycles. The molecule has 102 valence electrons. The molecule has 0 saturated heterocycles. The van der Waals surface area contributed by atoms with E-state index in [0.717, 1.165) is 11.6 Å². The molecule has 1 aromatic rings. The molecule has 0 saturated carbocycles. The van der Waals surface area contributed by atoms with Crippen LogP contribution >= 0.6 is 23.2 Å². The number of nitro groups is 1. The number of nitrogens with zero attached hydrogens (tertiary/aromatic N) is 1. The van der Waals surface area contributed by atoms with Gasteiger partial charge in [-0.05, 0) is 0 Å². The Morgan fingerprint density at radius 1 is 1.47 bits per heavy atom. The van der Waals surface area contributed by atoms with Gasteiger partial charge in [-0.15, -0.1) is 0 Å². The lowest BCUT2D eigenvalue weighted by Gasteiger charge is -2.10. The Morgan fingerprint density at radius 3 is 2.63 bits per heavy atom. The van der Waals surface area contributed by atoms with E-state index in [9.17, 15) is 14.9 Å². The topological polar surface area (TPSA) is 78.7 Å². The Labute approximate surface area is 118 Å². The molecule has 0 aliphatic rings. The minimum Gasteiger partial charge on any atom is -0.493 e. The summed E-state index contributed by atoms with van der Waals surface area (Å²) >= 11 is 11.0. The van der Waals surface area contributed by atoms with E-state index in [1.165, 1.54) is 13.2 Å². The van der Waals surface area contributed by atoms with Crippen molar-refractivity contribution in [3.05, 3.63) is 38.4 Å². The molecule has 19 heavy (non-hydrogen) atoms. The molecule has 0 heterocycles. The van der Waals surface area contributed by atoms with Crippen LogP contribution in [0, 0.1) is 10.1 Å². The van der Waals surface area contributed by atoms with Gasteiger partial charge in [0, 0.05) is 11.6 Å². The van der Waals surface area contributed by atoms with Gasteiger partial charge < -0.3 is 9.47 Å². The molecule has 0 radical (unpaired) electrons. The van der Waals surface area contributed by atoms with Crippen molar-refractivity contribution in [2.24, 2.45) is 0 Å². The maximum Gasteiger partial charge on any atom is 0.283 e. The number of ether oxygens (including phenoxy) is 2. The van der Waals surface area contributed by atoms with Gasteiger partial charge in [0.15, 0.2) is 17.8 Å². The second-order valence-corrected chi connectivity index (χ2v) is 3.99. The van der Waals surface area contributed by atoms with Crippen LogP contribution in [0.25, 0.3) is 0 Å². The number of carbonyl (C=O) groups excluding carboxylic acids is 1. The highest BCUT2D eigenvalue weighted by atomic mass is 35.5. The van der Waals surface area contributed by atoms with E-state index in [4.69, 9.17) is 32.7 Å². The molecule has 1 rings (SSSR count). The Hall–Kier alpha value is -1.79. The normalized spacial score (nSPS) is 11.0. The number of nitro benzene ring substituents is 1. The number of halogens is 2. The SMILES string of the molecule is COc1cc(C=O)c([N+](=O)[O-])cc1OCC(Cl)=CCl. The number of aldehydes is 1. The Balaban J connectivity index is 3.18. The second-order valence-electron chi connectivity index (χ2n) is 3.28. The predicted molar refractivity (Wildman–Crippen MR) is 70.3 cm³/mol. The third-order valence-corrected chi connectivity index (χ3v) is 2.71. The molecule has 0 N–H and O–H groups in total. The molecule has 8 heteroatoms. The summed E-state index contributed by atoms with van der Waals surface area (Å²) in [5.41, 5.74) is 0.632. The lowest BCUT2D eigenvalue weighted by atomic mass is 10.1. The average molecular weight is 306 g/mol. The quantitative estimate of drug-likeness (QED) is 0.458. The van der Waals surface area contributed by atoms with Gasteiger partial charge >= 0.3 is 0 Å². The van der Waals surface area contributed by atoms with Gasteiger partial charge in [0.25, 0.3) is 5.69 Å². The fourth-order valence-corrected chi connectivity index (χ4v) is 1.39. The van der Waals surface area contributed by atoms with Crippen molar-refractivity contribution < 1.29 is 19.2 Å². The van der Waals surface area contributed by atoms with E-state index in [-0.39, 0.29) is 34.4 Å². The molecule has 0 fully saturated rings. The predicted octanol–water partition coefficient (Wildman–Crippen LogP) is 3.11. The van der Waals surface area contributed by atoms with Crippen LogP contribution in [0.3, 0.4) is 0 Å². The van der Waals surface area contributed by atoms with E-state index < -0.39 is 4.92 Å². The van der Waals surface area contributed by atoms with Crippen LogP contribution in [0.4, 0.5) is 5.69 Å². The van der Waals surface area contributed by atoms with Crippen molar-refractivity contribution in [2.75, 3.05) is 13.7 Å². The molecule has 0 aliphatic carbocycles. The van der Waals surface area contributed by atoms with Crippen molar-refractivity contribution >= 4 is 35.2 Å². The van der Waals surface area contributed by atoms with Gasteiger partial charge in [-0.2, -0.15) is 0 Å². The number of benzene rings is 1. The van der Waals surface area contributed by atoms with Gasteiger partial charge in [-0.3, -0.25) is 14.9 Å². The van der Waals surface area contributed by atoms with Gasteiger partial charge in [0.1, 0.15) is 6.61 Å². The molecule has 0 unspecified atom stereocenters. The van der Waals surface area contributed by atoms with Crippen LogP contribution in [-0.4, -0.2) is 24.9 Å². The molecule has 0 atom stereocenters. The maximum absolute atomic E-state index is 10.8. The zero-order chi connectivity index (χ0) is 14.4. The number of methoxy groups -OCH3 is 1. The van der Waals surface area contributed by atoms with E-state index in [1.807, 2.05) is 0 Å². The van der Waals surface area contributed by atoms with Crippen molar-refractivity contribution in [2.45, 2.75) is 0 Å². The number of carbonyl (C=O) groups is 1. The van der Waals surface area contributed by atoms with Crippen LogP contribution in [0.15, 0.2) is 22.7 Å². The summed E-state index contributed by atoms with van der Waals surface area (Å²) in [6, 6.07) is 2.32. The lowest BCUT2D eigenvalue weighted by Crippen LogP contribution is -2.02. The third kappa shape index (κ3) is 3.84. The average Bonchev–Trinajstić information content (AvgIpc) is 2.43. The van der Waals surface area contributed by atoms with Crippen LogP contribution < -0.4 is 9.47 Å². The molecular formula is C11H9Cl2NO5. The summed E-state index contributed by atoms with van der Waals surface area (Å²) in [4.78, 5) is 20.9. The second kappa shape index (κ2) is 6.96. The molecule has 0 bridgehead atoms. The highest BCUT2D eigenvalue weighted by Crippen LogP contribution is 2.34. The Kier molecular flexibility index (Phi) is 5.59. The van der Waals surface area contributed by atoms with Crippen molar-refractivity contribution in [3.8, 4) is 11.5 Å². The smallest absolute Gasteiger partial charge is 0.283 e. The van der Waals surface area contributed by atoms with Gasteiger partial charge in [0.05, 0.1) is 28.7 Å². The number of hydrogen-bond donors (Lipinski definition) is 0. The summed E-state index contributed by atoms with van der Waals surface area (Å²) in [6.45, 7) is -0.0704. The highest BCUT2D eigenvalue weighted by molar-refractivity contribution is 6.36. The first-order valence-electron chi connectivity index (χ1n) is 4.92. The van der Waals surface area contributed by atoms with Gasteiger partial charge in [-0.25, -0.2) is 0 Å². The fraction of sp³-hybridized carbons (Fsp3) is 0.182. The molecule has 6 nitrogen and oxygen atoms in total. The third-order valence-electron chi connectivity index (χ3n) is 2.12. The first-order chi connectivity index (χ1) is 9.03. The standard InChI is InChI=1S/C11H9Cl2NO5/c1-18-10-2-7(5-15)9(14(16)17)3-11(10)19-6-8(13)4-12/h2-5H,6H2,1H3. The van der Waals surface area contributed by atoms with Crippen molar-refractivity contribution in [3.63, 3.8) is 0 Å². The van der Waals surface area contributed by atoms with Gasteiger partial charge in [-0.1, -0.05) is 23.2 Å². The maximum atomic E-state index is 10.8. The highest BCUT2D eigenvalue weighted by Gasteiger charge is 2.19. The Morgan fingerprint density at radius 2 is 2.16 bits per heavy atom. The van der Waals surface area contributed by atoms with E-state index in [1.54, 1.807) is 0 Å². The van der Waals surface area contributed by atoms with Crippen LogP contribution in [0.2, 0.25) is 0 Å². The summed E-state index contributed by atoms with van der Waals surface area (Å²) in [5.74, 6) is 0.281. The summed E-state index contributed by atoms with van der Waals surface area (Å²) in [6.07, 6.45) is 0.371. The molecule has 1 aromatic carbocycles. The molecule has 0 aliphatic heterocycles. The van der Waals surface area contributed by atoms with Crippen LogP contribution in [-0.2, 0) is 0 Å². The molecule has 0 amide bonds. The van der Waals surface area contributed by atoms with Crippen molar-refractivity contribution in [1.29, 1.82) is 0 Å². The molecular weight excluding hydrogens is 297 g/mol. The largest absolute Gasteiger partial charge is 0.493 e. The van der Waals surface area contributed by atoms with Crippen LogP contribution in [0.1, 0.15) is 10.4 Å². The zero-order valence-corrected chi connectivity index (χ0v) is 11.3. The summed E-state index contributed by atoms with van der Waals surface area (Å²) in [5, 5.41) is 11.0. The summed E-state index contributed by atoms with van der Waals surface area (Å²) in [7, 11) is 1.35. The van der Waals surface area contributed by atoms with E-state index >= 15 is 0 Å². The first kappa shape index (κ1) is 15.3. The minimum absolute atomic E-state index is 0.0704. The Bertz CT molecular complexity index is 530. The first-order valence-corrected chi connectivity index (χ1v) is 5.74. The van der Waals surface area contributed by atoms with E-state index in [2.05, 4.69) is 0 Å². The monoisotopic (exact) mass is 305 g/mol. The zero-order valence-electron chi connectivity index (χ0n) is 9.76. The van der Waals surface area contributed by atoms with E-state index in [0.29, 0.717) is 6.29 Å². The minimum atomic E-state index is -0.685. The number of hydrogen-bond acceptors (Lipinski definition) is 5. The van der Waals surface area contributed by atoms with Crippen molar-refractivity contribution in [1.82, 2.24) is 0 Å². The molecule has 0 spiro atoms. The number of rotatable bonds is 6. The van der Waals surface area contributed by atoms with Gasteiger partial charge in [0.2, 0.25) is 0 Å². The van der Waals surface area contributed by atoms with Crippen LogP contribution in [0.5, 0.6) is 11.5 Å². The fourth-order valence-electron chi connectivity index (χ4n) is 1.27. The lowest BCUT2D eigenvalue weighted by molar-refractivity contribution is -0.385.